The molecule has 0 spiro atoms. The van der Waals surface area contributed by atoms with Crippen LogP contribution in [0.1, 0.15) is 20.8 Å². The van der Waals surface area contributed by atoms with Crippen LogP contribution in [0.25, 0.3) is 0 Å². The Morgan fingerprint density at radius 3 is 2.47 bits per heavy atom. The molecule has 0 aromatic heterocycles. The van der Waals surface area contributed by atoms with E-state index in [1.165, 1.54) is 0 Å². The zero-order valence-corrected chi connectivity index (χ0v) is 12.5. The van der Waals surface area contributed by atoms with Crippen LogP contribution in [-0.2, 0) is 14.3 Å². The van der Waals surface area contributed by atoms with Crippen LogP contribution in [0.3, 0.4) is 0 Å². The van der Waals surface area contributed by atoms with Crippen LogP contribution < -0.4 is 5.32 Å². The number of aliphatic hydroxyl groups is 1. The summed E-state index contributed by atoms with van der Waals surface area (Å²) in [5.74, 6) is 0.0532. The van der Waals surface area contributed by atoms with Gasteiger partial charge in [0.25, 0.3) is 0 Å². The summed E-state index contributed by atoms with van der Waals surface area (Å²) >= 11 is 0. The number of carbonyl (C=O) groups excluding carboxylic acids is 1. The van der Waals surface area contributed by atoms with E-state index in [-0.39, 0.29) is 18.6 Å². The number of nitrogens with zero attached hydrogens (tertiary/aromatic N) is 1. The quantitative estimate of drug-likeness (QED) is 0.514. The molecule has 0 aromatic carbocycles. The average Bonchev–Trinajstić information content (AvgIpc) is 2.42. The number of methoxy groups -OCH3 is 1. The molecule has 2 atom stereocenters. The first-order chi connectivity index (χ1) is 9.06. The molecule has 2 N–H and O–H groups in total. The van der Waals surface area contributed by atoms with Gasteiger partial charge in [-0.3, -0.25) is 4.79 Å². The van der Waals surface area contributed by atoms with E-state index in [9.17, 15) is 9.90 Å². The lowest BCUT2D eigenvalue weighted by Crippen LogP contribution is -2.47. The first-order valence-electron chi connectivity index (χ1n) is 6.83. The smallest absolute Gasteiger partial charge is 0.239 e. The maximum atomic E-state index is 12.0. The Morgan fingerprint density at radius 2 is 1.95 bits per heavy atom. The second-order valence-electron chi connectivity index (χ2n) is 4.36. The van der Waals surface area contributed by atoms with Crippen molar-refractivity contribution in [3.05, 3.63) is 0 Å². The molecule has 0 aromatic rings. The Kier molecular flexibility index (Phi) is 10.8. The van der Waals surface area contributed by atoms with E-state index < -0.39 is 6.10 Å². The van der Waals surface area contributed by atoms with Gasteiger partial charge in [-0.2, -0.15) is 0 Å². The summed E-state index contributed by atoms with van der Waals surface area (Å²) in [5.41, 5.74) is 0. The summed E-state index contributed by atoms with van der Waals surface area (Å²) in [5, 5.41) is 12.7. The van der Waals surface area contributed by atoms with Crippen LogP contribution >= 0.6 is 0 Å². The number of hydrogen-bond acceptors (Lipinski definition) is 5. The summed E-state index contributed by atoms with van der Waals surface area (Å²) in [4.78, 5) is 13.7. The van der Waals surface area contributed by atoms with Gasteiger partial charge in [0.2, 0.25) is 5.91 Å². The van der Waals surface area contributed by atoms with E-state index in [2.05, 4.69) is 5.32 Å². The minimum Gasteiger partial charge on any atom is -0.389 e. The van der Waals surface area contributed by atoms with E-state index >= 15 is 0 Å². The lowest BCUT2D eigenvalue weighted by Gasteiger charge is -2.24. The fraction of sp³-hybridized carbons (Fsp3) is 0.923. The van der Waals surface area contributed by atoms with Crippen LogP contribution in [0.15, 0.2) is 0 Å². The molecule has 0 saturated heterocycles. The fourth-order valence-corrected chi connectivity index (χ4v) is 1.63. The number of ether oxygens (including phenoxy) is 2. The number of amides is 1. The summed E-state index contributed by atoms with van der Waals surface area (Å²) in [7, 11) is 1.60. The van der Waals surface area contributed by atoms with Gasteiger partial charge in [-0.1, -0.05) is 0 Å². The maximum Gasteiger partial charge on any atom is 0.239 e. The number of rotatable bonds is 11. The Morgan fingerprint density at radius 1 is 1.32 bits per heavy atom. The monoisotopic (exact) mass is 276 g/mol. The van der Waals surface area contributed by atoms with Crippen molar-refractivity contribution in [1.29, 1.82) is 0 Å². The molecule has 0 aliphatic carbocycles. The van der Waals surface area contributed by atoms with Gasteiger partial charge in [0.1, 0.15) is 0 Å². The highest BCUT2D eigenvalue weighted by atomic mass is 16.5. The standard InChI is InChI=1S/C13H28N2O4/c1-5-15(6-2)13(17)11(3)14-9-12(16)10-19-8-7-18-4/h11-12,14,16H,5-10H2,1-4H3. The highest BCUT2D eigenvalue weighted by Crippen LogP contribution is 1.95. The van der Waals surface area contributed by atoms with Crippen LogP contribution in [-0.4, -0.2) is 74.6 Å². The largest absolute Gasteiger partial charge is 0.389 e. The van der Waals surface area contributed by atoms with Gasteiger partial charge in [-0.15, -0.1) is 0 Å². The van der Waals surface area contributed by atoms with E-state index in [4.69, 9.17) is 9.47 Å². The molecule has 0 saturated carbocycles. The molecule has 0 bridgehead atoms. The lowest BCUT2D eigenvalue weighted by atomic mass is 10.2. The van der Waals surface area contributed by atoms with Gasteiger partial charge in [0, 0.05) is 26.7 Å². The van der Waals surface area contributed by atoms with Crippen molar-refractivity contribution >= 4 is 5.91 Å². The van der Waals surface area contributed by atoms with E-state index in [1.54, 1.807) is 18.9 Å². The van der Waals surface area contributed by atoms with Gasteiger partial charge < -0.3 is 24.8 Å². The Bertz CT molecular complexity index is 235. The van der Waals surface area contributed by atoms with Gasteiger partial charge in [0.05, 0.1) is 32.0 Å². The molecular weight excluding hydrogens is 248 g/mol. The predicted octanol–water partition coefficient (Wildman–Crippen LogP) is -0.143. The summed E-state index contributed by atoms with van der Waals surface area (Å²) < 4.78 is 10.0. The third-order valence-corrected chi connectivity index (χ3v) is 2.85. The molecule has 0 aliphatic rings. The number of carbonyl (C=O) groups is 1. The number of likely N-dealkylation sites (N-methyl/N-ethyl adjacent to an activating group) is 1. The van der Waals surface area contributed by atoms with Crippen molar-refractivity contribution in [3.8, 4) is 0 Å². The Hall–Kier alpha value is -0.690. The third kappa shape index (κ3) is 8.15. The third-order valence-electron chi connectivity index (χ3n) is 2.85. The van der Waals surface area contributed by atoms with E-state index in [1.807, 2.05) is 13.8 Å². The van der Waals surface area contributed by atoms with Crippen molar-refractivity contribution in [1.82, 2.24) is 10.2 Å². The first-order valence-corrected chi connectivity index (χ1v) is 6.83. The molecule has 6 nitrogen and oxygen atoms in total. The molecule has 114 valence electrons. The van der Waals surface area contributed by atoms with Crippen molar-refractivity contribution in [2.45, 2.75) is 32.9 Å². The molecule has 0 fully saturated rings. The van der Waals surface area contributed by atoms with E-state index in [0.717, 1.165) is 0 Å². The molecule has 19 heavy (non-hydrogen) atoms. The van der Waals surface area contributed by atoms with Crippen LogP contribution in [0.4, 0.5) is 0 Å². The highest BCUT2D eigenvalue weighted by Gasteiger charge is 2.18. The molecular formula is C13H28N2O4. The molecule has 6 heteroatoms. The topological polar surface area (TPSA) is 71.0 Å². The van der Waals surface area contributed by atoms with Gasteiger partial charge >= 0.3 is 0 Å². The Labute approximate surface area is 116 Å². The second-order valence-corrected chi connectivity index (χ2v) is 4.36. The summed E-state index contributed by atoms with van der Waals surface area (Å²) in [6.07, 6.45) is -0.621. The predicted molar refractivity (Wildman–Crippen MR) is 74.1 cm³/mol. The van der Waals surface area contributed by atoms with Crippen LogP contribution in [0, 0.1) is 0 Å². The zero-order chi connectivity index (χ0) is 14.7. The number of nitrogens with one attached hydrogen (secondary N) is 1. The average molecular weight is 276 g/mol. The van der Waals surface area contributed by atoms with Crippen molar-refractivity contribution in [3.63, 3.8) is 0 Å². The molecule has 0 heterocycles. The van der Waals surface area contributed by atoms with Gasteiger partial charge in [0.15, 0.2) is 0 Å². The van der Waals surface area contributed by atoms with Gasteiger partial charge in [-0.25, -0.2) is 0 Å². The maximum absolute atomic E-state index is 12.0. The normalized spacial score (nSPS) is 14.2. The van der Waals surface area contributed by atoms with Crippen molar-refractivity contribution < 1.29 is 19.4 Å². The number of aliphatic hydroxyl groups excluding tert-OH is 1. The van der Waals surface area contributed by atoms with Crippen molar-refractivity contribution in [2.24, 2.45) is 0 Å². The molecule has 0 aliphatic heterocycles. The molecule has 0 radical (unpaired) electrons. The lowest BCUT2D eigenvalue weighted by molar-refractivity contribution is -0.132. The summed E-state index contributed by atoms with van der Waals surface area (Å²) in [6, 6.07) is -0.298. The van der Waals surface area contributed by atoms with Crippen molar-refractivity contribution in [2.75, 3.05) is 46.6 Å². The van der Waals surface area contributed by atoms with Crippen LogP contribution in [0.2, 0.25) is 0 Å². The van der Waals surface area contributed by atoms with Gasteiger partial charge in [-0.05, 0) is 20.8 Å². The zero-order valence-electron chi connectivity index (χ0n) is 12.5. The molecule has 2 unspecified atom stereocenters. The molecule has 0 rings (SSSR count). The fourth-order valence-electron chi connectivity index (χ4n) is 1.63. The first kappa shape index (κ1) is 18.3. The SMILES string of the molecule is CCN(CC)C(=O)C(C)NCC(O)COCCOC. The Balaban J connectivity index is 3.82. The minimum atomic E-state index is -0.621. The highest BCUT2D eigenvalue weighted by molar-refractivity contribution is 5.81. The minimum absolute atomic E-state index is 0.0532. The molecule has 1 amide bonds. The van der Waals surface area contributed by atoms with Crippen LogP contribution in [0.5, 0.6) is 0 Å². The second kappa shape index (κ2) is 11.2. The van der Waals surface area contributed by atoms with E-state index in [0.29, 0.717) is 32.8 Å². The summed E-state index contributed by atoms with van der Waals surface area (Å²) in [6.45, 7) is 8.65. The number of hydrogen-bond donors (Lipinski definition) is 2.